The largest absolute Gasteiger partial charge is 0.348 e. The van der Waals surface area contributed by atoms with Gasteiger partial charge in [-0.1, -0.05) is 17.3 Å². The van der Waals surface area contributed by atoms with Gasteiger partial charge in [0.1, 0.15) is 17.5 Å². The Hall–Kier alpha value is -3.16. The molecule has 1 N–H and O–H groups in total. The molecule has 1 aliphatic carbocycles. The van der Waals surface area contributed by atoms with Crippen molar-refractivity contribution in [3.8, 4) is 11.5 Å². The average Bonchev–Trinajstić information content (AvgIpc) is 3.27. The third-order valence-corrected chi connectivity index (χ3v) is 4.46. The third kappa shape index (κ3) is 3.55. The fraction of sp³-hybridized carbons (Fsp3) is 0.211. The van der Waals surface area contributed by atoms with Crippen molar-refractivity contribution in [2.24, 2.45) is 5.92 Å². The van der Waals surface area contributed by atoms with Crippen LogP contribution in [-0.2, 0) is 11.3 Å². The fourth-order valence-corrected chi connectivity index (χ4v) is 3.03. The van der Waals surface area contributed by atoms with Gasteiger partial charge < -0.3 is 9.84 Å². The number of rotatable bonds is 5. The van der Waals surface area contributed by atoms with Gasteiger partial charge in [0.25, 0.3) is 5.89 Å². The van der Waals surface area contributed by atoms with Crippen molar-refractivity contribution in [3.05, 3.63) is 71.3 Å². The Morgan fingerprint density at radius 3 is 2.63 bits per heavy atom. The zero-order valence-electron chi connectivity index (χ0n) is 14.0. The normalized spacial score (nSPS) is 18.3. The maximum Gasteiger partial charge on any atom is 0.258 e. The van der Waals surface area contributed by atoms with E-state index in [4.69, 9.17) is 4.52 Å². The van der Waals surface area contributed by atoms with Crippen LogP contribution in [0.15, 0.2) is 47.0 Å². The molecule has 1 fully saturated rings. The molecular weight excluding hydrogens is 359 g/mol. The molecule has 0 aliphatic heterocycles. The first kappa shape index (κ1) is 17.3. The van der Waals surface area contributed by atoms with Crippen molar-refractivity contribution in [1.29, 1.82) is 0 Å². The van der Waals surface area contributed by atoms with Crippen molar-refractivity contribution in [1.82, 2.24) is 15.5 Å². The molecule has 1 saturated carbocycles. The van der Waals surface area contributed by atoms with Gasteiger partial charge in [-0.3, -0.25) is 4.79 Å². The molecule has 5 nitrogen and oxygen atoms in total. The molecule has 4 rings (SSSR count). The fourth-order valence-electron chi connectivity index (χ4n) is 3.03. The first-order valence-electron chi connectivity index (χ1n) is 8.33. The zero-order chi connectivity index (χ0) is 19.0. The molecule has 1 aliphatic rings. The van der Waals surface area contributed by atoms with E-state index in [1.54, 1.807) is 6.07 Å². The number of hydrogen-bond acceptors (Lipinski definition) is 4. The van der Waals surface area contributed by atoms with Crippen LogP contribution < -0.4 is 5.32 Å². The summed E-state index contributed by atoms with van der Waals surface area (Å²) in [5.41, 5.74) is 0.378. The summed E-state index contributed by atoms with van der Waals surface area (Å²) in [5, 5.41) is 6.37. The van der Waals surface area contributed by atoms with Crippen molar-refractivity contribution in [2.75, 3.05) is 0 Å². The summed E-state index contributed by atoms with van der Waals surface area (Å²) in [7, 11) is 0. The second kappa shape index (κ2) is 6.86. The molecule has 1 heterocycles. The molecular formula is C19H14F3N3O2. The number of nitrogens with zero attached hydrogens (tertiary/aromatic N) is 2. The number of benzene rings is 2. The third-order valence-electron chi connectivity index (χ3n) is 4.46. The number of nitrogens with one attached hydrogen (secondary N) is 1. The Bertz CT molecular complexity index is 985. The Balaban J connectivity index is 1.37. The monoisotopic (exact) mass is 373 g/mol. The van der Waals surface area contributed by atoms with E-state index in [0.29, 0.717) is 12.0 Å². The zero-order valence-corrected chi connectivity index (χ0v) is 14.0. The van der Waals surface area contributed by atoms with Crippen LogP contribution in [0.2, 0.25) is 0 Å². The van der Waals surface area contributed by atoms with Gasteiger partial charge in [0.2, 0.25) is 5.91 Å². The smallest absolute Gasteiger partial charge is 0.258 e. The lowest BCUT2D eigenvalue weighted by molar-refractivity contribution is -0.122. The Morgan fingerprint density at radius 2 is 1.89 bits per heavy atom. The predicted octanol–water partition coefficient (Wildman–Crippen LogP) is 3.57. The molecule has 0 radical (unpaired) electrons. The van der Waals surface area contributed by atoms with E-state index in [2.05, 4.69) is 15.5 Å². The summed E-state index contributed by atoms with van der Waals surface area (Å²) in [6.07, 6.45) is 0.379. The van der Waals surface area contributed by atoms with E-state index < -0.39 is 29.3 Å². The Morgan fingerprint density at radius 1 is 1.15 bits per heavy atom. The van der Waals surface area contributed by atoms with Crippen molar-refractivity contribution < 1.29 is 22.5 Å². The van der Waals surface area contributed by atoms with Crippen molar-refractivity contribution in [2.45, 2.75) is 18.9 Å². The lowest BCUT2D eigenvalue weighted by Gasteiger charge is -2.04. The first-order chi connectivity index (χ1) is 13.0. The van der Waals surface area contributed by atoms with E-state index in [-0.39, 0.29) is 29.7 Å². The highest BCUT2D eigenvalue weighted by Gasteiger charge is 2.46. The lowest BCUT2D eigenvalue weighted by atomic mass is 10.1. The molecule has 8 heteroatoms. The number of halogens is 3. The summed E-state index contributed by atoms with van der Waals surface area (Å²) in [6.45, 7) is 0.000618. The van der Waals surface area contributed by atoms with Crippen LogP contribution >= 0.6 is 0 Å². The summed E-state index contributed by atoms with van der Waals surface area (Å²) in [6, 6.07) is 9.34. The van der Waals surface area contributed by atoms with Crippen LogP contribution in [0.3, 0.4) is 0 Å². The van der Waals surface area contributed by atoms with Crippen LogP contribution in [-0.4, -0.2) is 16.0 Å². The van der Waals surface area contributed by atoms with Gasteiger partial charge >= 0.3 is 0 Å². The number of amides is 1. The second-order valence-electron chi connectivity index (χ2n) is 6.33. The average molecular weight is 373 g/mol. The maximum absolute atomic E-state index is 13.8. The molecule has 0 unspecified atom stereocenters. The molecule has 27 heavy (non-hydrogen) atoms. The highest BCUT2D eigenvalue weighted by Crippen LogP contribution is 2.49. The minimum Gasteiger partial charge on any atom is -0.348 e. The molecule has 2 atom stereocenters. The Labute approximate surface area is 152 Å². The predicted molar refractivity (Wildman–Crippen MR) is 88.7 cm³/mol. The van der Waals surface area contributed by atoms with Crippen molar-refractivity contribution >= 4 is 5.91 Å². The minimum atomic E-state index is -0.645. The van der Waals surface area contributed by atoms with Gasteiger partial charge in [-0.25, -0.2) is 13.2 Å². The first-order valence-corrected chi connectivity index (χ1v) is 8.33. The molecule has 1 amide bonds. The molecule has 1 aromatic heterocycles. The summed E-state index contributed by atoms with van der Waals surface area (Å²) in [5.74, 6) is -2.67. The highest BCUT2D eigenvalue weighted by atomic mass is 19.1. The number of aromatic nitrogens is 2. The maximum atomic E-state index is 13.8. The van der Waals surface area contributed by atoms with Gasteiger partial charge in [0, 0.05) is 23.0 Å². The van der Waals surface area contributed by atoms with Gasteiger partial charge in [-0.15, -0.1) is 0 Å². The topological polar surface area (TPSA) is 68.0 Å². The highest BCUT2D eigenvalue weighted by molar-refractivity contribution is 5.82. The standard InChI is InChI=1S/C19H14F3N3O2/c20-11-4-1-3-10(7-11)19-24-16(25-27-19)9-23-18(26)13-8-12(13)17-14(21)5-2-6-15(17)22/h1-7,12-13H,8-9H2,(H,23,26)/t12-,13-/m0/s1. The molecule has 0 bridgehead atoms. The van der Waals surface area contributed by atoms with Crippen LogP contribution in [0.1, 0.15) is 23.7 Å². The number of carbonyl (C=O) groups excluding carboxylic acids is 1. The van der Waals surface area contributed by atoms with Crippen molar-refractivity contribution in [3.63, 3.8) is 0 Å². The van der Waals surface area contributed by atoms with Crippen LogP contribution in [0.25, 0.3) is 11.5 Å². The number of hydrogen-bond donors (Lipinski definition) is 1. The summed E-state index contributed by atoms with van der Waals surface area (Å²) in [4.78, 5) is 16.3. The second-order valence-corrected chi connectivity index (χ2v) is 6.33. The quantitative estimate of drug-likeness (QED) is 0.742. The molecule has 138 valence electrons. The summed E-state index contributed by atoms with van der Waals surface area (Å²) >= 11 is 0. The van der Waals surface area contributed by atoms with Crippen LogP contribution in [0.5, 0.6) is 0 Å². The van der Waals surface area contributed by atoms with E-state index in [0.717, 1.165) is 0 Å². The van der Waals surface area contributed by atoms with Gasteiger partial charge in [-0.2, -0.15) is 4.98 Å². The molecule has 0 spiro atoms. The van der Waals surface area contributed by atoms with Gasteiger partial charge in [0.15, 0.2) is 5.82 Å². The Kier molecular flexibility index (Phi) is 4.39. The van der Waals surface area contributed by atoms with Crippen LogP contribution in [0, 0.1) is 23.4 Å². The van der Waals surface area contributed by atoms with E-state index in [9.17, 15) is 18.0 Å². The number of carbonyl (C=O) groups is 1. The van der Waals surface area contributed by atoms with Gasteiger partial charge in [0.05, 0.1) is 6.54 Å². The summed E-state index contributed by atoms with van der Waals surface area (Å²) < 4.78 is 45.9. The lowest BCUT2D eigenvalue weighted by Crippen LogP contribution is -2.25. The van der Waals surface area contributed by atoms with Crippen LogP contribution in [0.4, 0.5) is 13.2 Å². The van der Waals surface area contributed by atoms with E-state index >= 15 is 0 Å². The molecule has 0 saturated heterocycles. The minimum absolute atomic E-state index is 0.000618. The van der Waals surface area contributed by atoms with E-state index in [1.807, 2.05) is 0 Å². The van der Waals surface area contributed by atoms with Gasteiger partial charge in [-0.05, 0) is 36.8 Å². The molecule has 2 aromatic carbocycles. The SMILES string of the molecule is O=C(NCc1noc(-c2cccc(F)c2)n1)[C@H]1C[C@@H]1c1c(F)cccc1F. The molecule has 3 aromatic rings. The van der Waals surface area contributed by atoms with E-state index in [1.165, 1.54) is 36.4 Å².